The molecule has 0 saturated carbocycles. The Morgan fingerprint density at radius 1 is 1.04 bits per heavy atom. The highest BCUT2D eigenvalue weighted by Gasteiger charge is 2.35. The number of benzene rings is 2. The van der Waals surface area contributed by atoms with E-state index in [1.807, 2.05) is 30.3 Å². The van der Waals surface area contributed by atoms with Gasteiger partial charge in [0.15, 0.2) is 0 Å². The van der Waals surface area contributed by atoms with Gasteiger partial charge in [0.1, 0.15) is 11.6 Å². The first-order valence-electron chi connectivity index (χ1n) is 8.83. The first-order chi connectivity index (χ1) is 13.5. The van der Waals surface area contributed by atoms with E-state index in [2.05, 4.69) is 10.6 Å². The van der Waals surface area contributed by atoms with E-state index in [9.17, 15) is 18.4 Å². The van der Waals surface area contributed by atoms with Crippen LogP contribution in [0.3, 0.4) is 0 Å². The molecule has 0 aromatic heterocycles. The van der Waals surface area contributed by atoms with Crippen LogP contribution in [0.2, 0.25) is 0 Å². The van der Waals surface area contributed by atoms with Gasteiger partial charge in [0, 0.05) is 35.5 Å². The molecule has 0 bridgehead atoms. The molecule has 3 rings (SSSR count). The fraction of sp³-hybridized carbons (Fsp3) is 0.300. The molecule has 0 spiro atoms. The summed E-state index contributed by atoms with van der Waals surface area (Å²) in [5.74, 6) is -3.58. The molecule has 1 aliphatic rings. The van der Waals surface area contributed by atoms with E-state index < -0.39 is 23.4 Å². The predicted octanol–water partition coefficient (Wildman–Crippen LogP) is 3.36. The van der Waals surface area contributed by atoms with Gasteiger partial charge in [-0.1, -0.05) is 18.2 Å². The summed E-state index contributed by atoms with van der Waals surface area (Å²) >= 11 is 1.65. The van der Waals surface area contributed by atoms with Crippen LogP contribution >= 0.6 is 11.8 Å². The Hall–Kier alpha value is -2.45. The van der Waals surface area contributed by atoms with Crippen LogP contribution in [0.15, 0.2) is 53.4 Å². The van der Waals surface area contributed by atoms with Gasteiger partial charge in [0.2, 0.25) is 0 Å². The number of nitrogens with one attached hydrogen (secondary N) is 2. The second kappa shape index (κ2) is 9.16. The normalized spacial score (nSPS) is 15.6. The van der Waals surface area contributed by atoms with Crippen molar-refractivity contribution in [3.8, 4) is 0 Å². The Morgan fingerprint density at radius 3 is 2.43 bits per heavy atom. The zero-order valence-electron chi connectivity index (χ0n) is 15.0. The van der Waals surface area contributed by atoms with Crippen LogP contribution in [0.5, 0.6) is 0 Å². The maximum atomic E-state index is 13.7. The first-order valence-corrected chi connectivity index (χ1v) is 9.65. The Kier molecular flexibility index (Phi) is 6.64. The van der Waals surface area contributed by atoms with Crippen molar-refractivity contribution in [2.24, 2.45) is 0 Å². The average Bonchev–Trinajstić information content (AvgIpc) is 2.70. The van der Waals surface area contributed by atoms with Gasteiger partial charge >= 0.3 is 11.8 Å². The van der Waals surface area contributed by atoms with E-state index >= 15 is 0 Å². The molecular formula is C20H20F2N2O3S. The lowest BCUT2D eigenvalue weighted by atomic mass is 9.99. The van der Waals surface area contributed by atoms with Crippen molar-refractivity contribution in [1.29, 1.82) is 0 Å². The van der Waals surface area contributed by atoms with Crippen molar-refractivity contribution in [3.05, 3.63) is 60.2 Å². The highest BCUT2D eigenvalue weighted by Crippen LogP contribution is 2.40. The maximum absolute atomic E-state index is 13.7. The van der Waals surface area contributed by atoms with Crippen LogP contribution in [0, 0.1) is 11.6 Å². The van der Waals surface area contributed by atoms with Crippen LogP contribution in [-0.2, 0) is 14.3 Å². The fourth-order valence-corrected chi connectivity index (χ4v) is 4.20. The number of halogens is 2. The molecular weight excluding hydrogens is 386 g/mol. The summed E-state index contributed by atoms with van der Waals surface area (Å²) in [4.78, 5) is 25.3. The summed E-state index contributed by atoms with van der Waals surface area (Å²) in [5, 5.41) is 4.80. The minimum absolute atomic E-state index is 0.249. The molecule has 148 valence electrons. The lowest BCUT2D eigenvalue weighted by Gasteiger charge is -2.36. The number of rotatable bonds is 5. The zero-order valence-corrected chi connectivity index (χ0v) is 15.9. The van der Waals surface area contributed by atoms with Crippen LogP contribution in [0.1, 0.15) is 12.8 Å². The lowest BCUT2D eigenvalue weighted by molar-refractivity contribution is -0.136. The van der Waals surface area contributed by atoms with E-state index in [1.165, 1.54) is 0 Å². The number of carbonyl (C=O) groups is 2. The van der Waals surface area contributed by atoms with Gasteiger partial charge < -0.3 is 15.4 Å². The molecule has 2 amide bonds. The number of carbonyl (C=O) groups excluding carboxylic acids is 2. The van der Waals surface area contributed by atoms with Crippen molar-refractivity contribution in [3.63, 3.8) is 0 Å². The number of hydrogen-bond acceptors (Lipinski definition) is 4. The molecule has 8 heteroatoms. The molecule has 2 aromatic carbocycles. The summed E-state index contributed by atoms with van der Waals surface area (Å²) in [6.45, 7) is 1.42. The third kappa shape index (κ3) is 5.30. The molecule has 5 nitrogen and oxygen atoms in total. The number of thioether (sulfide) groups is 1. The molecule has 2 aromatic rings. The number of ether oxygens (including phenoxy) is 1. The molecule has 0 atom stereocenters. The Morgan fingerprint density at radius 2 is 1.75 bits per heavy atom. The largest absolute Gasteiger partial charge is 0.381 e. The van der Waals surface area contributed by atoms with Crippen LogP contribution in [0.25, 0.3) is 0 Å². The average molecular weight is 406 g/mol. The highest BCUT2D eigenvalue weighted by atomic mass is 32.2. The second-order valence-corrected chi connectivity index (χ2v) is 8.01. The quantitative estimate of drug-likeness (QED) is 0.748. The number of anilines is 1. The maximum Gasteiger partial charge on any atom is 0.313 e. The number of hydrogen-bond donors (Lipinski definition) is 2. The Bertz CT molecular complexity index is 843. The minimum Gasteiger partial charge on any atom is -0.381 e. The third-order valence-corrected chi connectivity index (χ3v) is 5.93. The molecule has 1 aliphatic heterocycles. The number of amides is 2. The van der Waals surface area contributed by atoms with Crippen LogP contribution in [0.4, 0.5) is 14.5 Å². The molecule has 1 saturated heterocycles. The third-order valence-electron chi connectivity index (χ3n) is 4.44. The lowest BCUT2D eigenvalue weighted by Crippen LogP contribution is -2.47. The van der Waals surface area contributed by atoms with Crippen molar-refractivity contribution in [2.45, 2.75) is 22.5 Å². The van der Waals surface area contributed by atoms with Gasteiger partial charge in [-0.2, -0.15) is 0 Å². The topological polar surface area (TPSA) is 67.4 Å². The summed E-state index contributed by atoms with van der Waals surface area (Å²) in [6.07, 6.45) is 1.45. The zero-order chi connectivity index (χ0) is 20.0. The SMILES string of the molecule is O=C(NCC1(Sc2ccccc2)CCOCC1)C(=O)Nc1ccc(F)cc1F. The predicted molar refractivity (Wildman–Crippen MR) is 103 cm³/mol. The van der Waals surface area contributed by atoms with E-state index in [1.54, 1.807) is 11.8 Å². The monoisotopic (exact) mass is 406 g/mol. The second-order valence-electron chi connectivity index (χ2n) is 6.47. The van der Waals surface area contributed by atoms with Gasteiger partial charge in [-0.15, -0.1) is 11.8 Å². The van der Waals surface area contributed by atoms with Gasteiger partial charge in [0.25, 0.3) is 0 Å². The molecule has 28 heavy (non-hydrogen) atoms. The summed E-state index contributed by atoms with van der Waals surface area (Å²) in [7, 11) is 0. The molecule has 0 aliphatic carbocycles. The molecule has 1 heterocycles. The van der Waals surface area contributed by atoms with Crippen LogP contribution < -0.4 is 10.6 Å². The van der Waals surface area contributed by atoms with Gasteiger partial charge in [-0.25, -0.2) is 8.78 Å². The standard InChI is InChI=1S/C20H20F2N2O3S/c21-14-6-7-17(16(22)12-14)24-19(26)18(25)23-13-20(8-10-27-11-9-20)28-15-4-2-1-3-5-15/h1-7,12H,8-11,13H2,(H,23,25)(H,24,26). The van der Waals surface area contributed by atoms with Gasteiger partial charge in [0.05, 0.1) is 5.69 Å². The fourth-order valence-electron chi connectivity index (χ4n) is 2.89. The van der Waals surface area contributed by atoms with E-state index in [4.69, 9.17) is 4.74 Å². The summed E-state index contributed by atoms with van der Waals surface area (Å²) < 4.78 is 31.7. The van der Waals surface area contributed by atoms with Gasteiger partial charge in [-0.3, -0.25) is 9.59 Å². The van der Waals surface area contributed by atoms with Crippen molar-refractivity contribution in [1.82, 2.24) is 5.32 Å². The Labute approximate surface area is 165 Å². The van der Waals surface area contributed by atoms with E-state index in [-0.39, 0.29) is 17.0 Å². The van der Waals surface area contributed by atoms with Crippen molar-refractivity contribution >= 4 is 29.3 Å². The highest BCUT2D eigenvalue weighted by molar-refractivity contribution is 8.00. The molecule has 0 radical (unpaired) electrons. The molecule has 0 unspecified atom stereocenters. The molecule has 1 fully saturated rings. The van der Waals surface area contributed by atoms with Crippen molar-refractivity contribution < 1.29 is 23.1 Å². The van der Waals surface area contributed by atoms with E-state index in [0.29, 0.717) is 19.3 Å². The summed E-state index contributed by atoms with van der Waals surface area (Å²) in [5.41, 5.74) is -0.249. The minimum atomic E-state index is -1.00. The smallest absolute Gasteiger partial charge is 0.313 e. The first kappa shape index (κ1) is 20.3. The molecule has 2 N–H and O–H groups in total. The van der Waals surface area contributed by atoms with Crippen LogP contribution in [-0.4, -0.2) is 36.3 Å². The van der Waals surface area contributed by atoms with Crippen molar-refractivity contribution in [2.75, 3.05) is 25.1 Å². The van der Waals surface area contributed by atoms with E-state index in [0.717, 1.165) is 29.9 Å². The Balaban J connectivity index is 1.62. The summed E-state index contributed by atoms with van der Waals surface area (Å²) in [6, 6.07) is 12.5. The van der Waals surface area contributed by atoms with Gasteiger partial charge in [-0.05, 0) is 37.1 Å².